The number of carbonyl (C=O) groups is 2. The lowest BCUT2D eigenvalue weighted by molar-refractivity contribution is -0.121. The fraction of sp³-hybridized carbons (Fsp3) is 0.600. The summed E-state index contributed by atoms with van der Waals surface area (Å²) in [6.45, 7) is 3.47. The van der Waals surface area contributed by atoms with Crippen LogP contribution in [0.4, 0.5) is 4.79 Å². The third-order valence-corrected chi connectivity index (χ3v) is 5.32. The molecular formula is C20H29N3O2. The average molecular weight is 343 g/mol. The van der Waals surface area contributed by atoms with Gasteiger partial charge in [-0.3, -0.25) is 4.79 Å². The molecule has 1 aliphatic heterocycles. The minimum Gasteiger partial charge on any atom is -0.353 e. The van der Waals surface area contributed by atoms with Crippen LogP contribution in [0.2, 0.25) is 0 Å². The third-order valence-electron chi connectivity index (χ3n) is 5.32. The minimum atomic E-state index is 0.0660. The molecule has 1 aromatic carbocycles. The number of piperidine rings is 1. The Morgan fingerprint density at radius 3 is 2.20 bits per heavy atom. The van der Waals surface area contributed by atoms with Gasteiger partial charge in [-0.05, 0) is 38.2 Å². The Morgan fingerprint density at radius 1 is 0.960 bits per heavy atom. The van der Waals surface area contributed by atoms with Gasteiger partial charge in [-0.25, -0.2) is 4.79 Å². The number of likely N-dealkylation sites (tertiary alicyclic amines) is 1. The number of nitrogens with zero attached hydrogens (tertiary/aromatic N) is 1. The van der Waals surface area contributed by atoms with Crippen LogP contribution in [0.25, 0.3) is 0 Å². The Labute approximate surface area is 150 Å². The molecule has 1 aliphatic carbocycles. The summed E-state index contributed by atoms with van der Waals surface area (Å²) >= 11 is 0. The van der Waals surface area contributed by atoms with E-state index in [2.05, 4.69) is 10.6 Å². The second-order valence-electron chi connectivity index (χ2n) is 7.42. The lowest BCUT2D eigenvalue weighted by Crippen LogP contribution is -2.51. The fourth-order valence-corrected chi connectivity index (χ4v) is 3.73. The Hall–Kier alpha value is -2.04. The van der Waals surface area contributed by atoms with Gasteiger partial charge in [0, 0.05) is 25.2 Å². The van der Waals surface area contributed by atoms with E-state index in [0.29, 0.717) is 25.6 Å². The van der Waals surface area contributed by atoms with Gasteiger partial charge in [-0.2, -0.15) is 0 Å². The van der Waals surface area contributed by atoms with Crippen LogP contribution in [0, 0.1) is 6.92 Å². The number of nitrogens with one attached hydrogen (secondary N) is 2. The van der Waals surface area contributed by atoms with Crippen molar-refractivity contribution < 1.29 is 9.59 Å². The summed E-state index contributed by atoms with van der Waals surface area (Å²) in [5, 5.41) is 6.26. The van der Waals surface area contributed by atoms with Crippen LogP contribution in [-0.2, 0) is 11.2 Å². The first-order valence-electron chi connectivity index (χ1n) is 9.50. The molecule has 2 N–H and O–H groups in total. The molecule has 5 heteroatoms. The first-order chi connectivity index (χ1) is 12.1. The SMILES string of the molecule is Cc1ccc(CC(=O)NC2CCN(C(=O)NC3CCCC3)CC2)cc1. The van der Waals surface area contributed by atoms with Gasteiger partial charge in [0.1, 0.15) is 0 Å². The van der Waals surface area contributed by atoms with E-state index in [1.165, 1.54) is 18.4 Å². The van der Waals surface area contributed by atoms with E-state index in [4.69, 9.17) is 0 Å². The molecule has 0 atom stereocenters. The molecule has 0 radical (unpaired) electrons. The van der Waals surface area contributed by atoms with E-state index in [0.717, 1.165) is 31.2 Å². The summed E-state index contributed by atoms with van der Waals surface area (Å²) in [6, 6.07) is 8.67. The normalized spacial score (nSPS) is 19.0. The van der Waals surface area contributed by atoms with Crippen LogP contribution < -0.4 is 10.6 Å². The van der Waals surface area contributed by atoms with E-state index in [9.17, 15) is 9.59 Å². The van der Waals surface area contributed by atoms with E-state index in [-0.39, 0.29) is 18.0 Å². The number of benzene rings is 1. The molecule has 2 aliphatic rings. The van der Waals surface area contributed by atoms with Crippen molar-refractivity contribution in [1.29, 1.82) is 0 Å². The quantitative estimate of drug-likeness (QED) is 0.883. The molecular weight excluding hydrogens is 314 g/mol. The highest BCUT2D eigenvalue weighted by atomic mass is 16.2. The van der Waals surface area contributed by atoms with E-state index in [1.54, 1.807) is 0 Å². The van der Waals surface area contributed by atoms with Crippen molar-refractivity contribution in [2.75, 3.05) is 13.1 Å². The highest BCUT2D eigenvalue weighted by Gasteiger charge is 2.26. The van der Waals surface area contributed by atoms with Crippen LogP contribution >= 0.6 is 0 Å². The van der Waals surface area contributed by atoms with E-state index >= 15 is 0 Å². The van der Waals surface area contributed by atoms with Crippen molar-refractivity contribution in [3.63, 3.8) is 0 Å². The van der Waals surface area contributed by atoms with Crippen molar-refractivity contribution >= 4 is 11.9 Å². The summed E-state index contributed by atoms with van der Waals surface area (Å²) in [5.41, 5.74) is 2.24. The van der Waals surface area contributed by atoms with Crippen LogP contribution in [0.15, 0.2) is 24.3 Å². The van der Waals surface area contributed by atoms with E-state index < -0.39 is 0 Å². The second kappa shape index (κ2) is 8.37. The molecule has 2 fully saturated rings. The van der Waals surface area contributed by atoms with Gasteiger partial charge in [0.2, 0.25) is 5.91 Å². The first-order valence-corrected chi connectivity index (χ1v) is 9.50. The molecule has 0 bridgehead atoms. The Morgan fingerprint density at radius 2 is 1.56 bits per heavy atom. The maximum absolute atomic E-state index is 12.3. The number of urea groups is 1. The van der Waals surface area contributed by atoms with Crippen molar-refractivity contribution in [1.82, 2.24) is 15.5 Å². The fourth-order valence-electron chi connectivity index (χ4n) is 3.73. The Balaban J connectivity index is 1.38. The maximum Gasteiger partial charge on any atom is 0.317 e. The van der Waals surface area contributed by atoms with Crippen LogP contribution in [0.1, 0.15) is 49.7 Å². The van der Waals surface area contributed by atoms with Crippen molar-refractivity contribution in [3.8, 4) is 0 Å². The van der Waals surface area contributed by atoms with Crippen molar-refractivity contribution in [2.24, 2.45) is 0 Å². The van der Waals surface area contributed by atoms with Gasteiger partial charge in [-0.1, -0.05) is 42.7 Å². The lowest BCUT2D eigenvalue weighted by Gasteiger charge is -2.33. The number of hydrogen-bond donors (Lipinski definition) is 2. The molecule has 3 amide bonds. The number of amides is 3. The maximum atomic E-state index is 12.3. The zero-order valence-corrected chi connectivity index (χ0v) is 15.1. The summed E-state index contributed by atoms with van der Waals surface area (Å²) < 4.78 is 0. The van der Waals surface area contributed by atoms with Crippen molar-refractivity contribution in [3.05, 3.63) is 35.4 Å². The summed E-state index contributed by atoms with van der Waals surface area (Å²) in [5.74, 6) is 0.0673. The second-order valence-corrected chi connectivity index (χ2v) is 7.42. The van der Waals surface area contributed by atoms with Crippen LogP contribution in [0.5, 0.6) is 0 Å². The topological polar surface area (TPSA) is 61.4 Å². The molecule has 1 saturated heterocycles. The molecule has 1 saturated carbocycles. The predicted molar refractivity (Wildman–Crippen MR) is 98.4 cm³/mol. The highest BCUT2D eigenvalue weighted by Crippen LogP contribution is 2.18. The smallest absolute Gasteiger partial charge is 0.317 e. The minimum absolute atomic E-state index is 0.0660. The molecule has 3 rings (SSSR count). The molecule has 0 spiro atoms. The van der Waals surface area contributed by atoms with Gasteiger partial charge in [0.25, 0.3) is 0 Å². The number of aryl methyl sites for hydroxylation is 1. The highest BCUT2D eigenvalue weighted by molar-refractivity contribution is 5.79. The van der Waals surface area contributed by atoms with Gasteiger partial charge < -0.3 is 15.5 Å². The van der Waals surface area contributed by atoms with E-state index in [1.807, 2.05) is 36.1 Å². The number of rotatable bonds is 4. The Bertz CT molecular complexity index is 585. The molecule has 5 nitrogen and oxygen atoms in total. The first kappa shape index (κ1) is 17.8. The lowest BCUT2D eigenvalue weighted by atomic mass is 10.0. The average Bonchev–Trinajstić information content (AvgIpc) is 3.10. The van der Waals surface area contributed by atoms with Gasteiger partial charge >= 0.3 is 6.03 Å². The molecule has 0 unspecified atom stereocenters. The van der Waals surface area contributed by atoms with Crippen LogP contribution in [0.3, 0.4) is 0 Å². The summed E-state index contributed by atoms with van der Waals surface area (Å²) in [6.07, 6.45) is 6.74. The standard InChI is InChI=1S/C20H29N3O2/c1-15-6-8-16(9-7-15)14-19(24)21-18-10-12-23(13-11-18)20(25)22-17-4-2-3-5-17/h6-9,17-18H,2-5,10-14H2,1H3,(H,21,24)(H,22,25). The Kier molecular flexibility index (Phi) is 5.95. The monoisotopic (exact) mass is 343 g/mol. The molecule has 1 aromatic rings. The van der Waals surface area contributed by atoms with Gasteiger partial charge in [0.05, 0.1) is 6.42 Å². The van der Waals surface area contributed by atoms with Crippen molar-refractivity contribution in [2.45, 2.75) is 64.0 Å². The number of carbonyl (C=O) groups excluding carboxylic acids is 2. The predicted octanol–water partition coefficient (Wildman–Crippen LogP) is 2.77. The molecule has 136 valence electrons. The summed E-state index contributed by atoms with van der Waals surface area (Å²) in [4.78, 5) is 26.4. The zero-order chi connectivity index (χ0) is 17.6. The van der Waals surface area contributed by atoms with Crippen LogP contribution in [-0.4, -0.2) is 42.0 Å². The van der Waals surface area contributed by atoms with Gasteiger partial charge in [0.15, 0.2) is 0 Å². The molecule has 25 heavy (non-hydrogen) atoms. The number of hydrogen-bond acceptors (Lipinski definition) is 2. The largest absolute Gasteiger partial charge is 0.353 e. The third kappa shape index (κ3) is 5.21. The zero-order valence-electron chi connectivity index (χ0n) is 15.1. The van der Waals surface area contributed by atoms with Gasteiger partial charge in [-0.15, -0.1) is 0 Å². The molecule has 1 heterocycles. The summed E-state index contributed by atoms with van der Waals surface area (Å²) in [7, 11) is 0. The molecule has 0 aromatic heterocycles.